The topological polar surface area (TPSA) is 38.0 Å². The van der Waals surface area contributed by atoms with Crippen molar-refractivity contribution in [3.63, 3.8) is 0 Å². The fraction of sp³-hybridized carbons (Fsp3) is 0.250. The van der Waals surface area contributed by atoms with Crippen LogP contribution < -0.4 is 11.3 Å². The fourth-order valence-corrected chi connectivity index (χ4v) is 1.60. The van der Waals surface area contributed by atoms with Crippen molar-refractivity contribution in [2.24, 2.45) is 5.84 Å². The van der Waals surface area contributed by atoms with Crippen LogP contribution in [0.3, 0.4) is 0 Å². The number of hydrogen-bond donors (Lipinski definition) is 2. The molecule has 1 aromatic rings. The van der Waals surface area contributed by atoms with Gasteiger partial charge in [0.25, 0.3) is 0 Å². The van der Waals surface area contributed by atoms with E-state index in [1.807, 2.05) is 0 Å². The van der Waals surface area contributed by atoms with Crippen LogP contribution in [0.25, 0.3) is 0 Å². The van der Waals surface area contributed by atoms with E-state index in [2.05, 4.69) is 15.9 Å². The Morgan fingerprint density at radius 1 is 1.38 bits per heavy atom. The first-order chi connectivity index (χ1) is 7.29. The van der Waals surface area contributed by atoms with Crippen molar-refractivity contribution in [2.75, 3.05) is 0 Å². The maximum Gasteiger partial charge on any atom is 0.409 e. The average Bonchev–Trinajstić information content (AvgIpc) is 2.17. The van der Waals surface area contributed by atoms with Crippen molar-refractivity contribution in [1.29, 1.82) is 0 Å². The minimum Gasteiger partial charge on any atom is -0.271 e. The number of benzene rings is 1. The summed E-state index contributed by atoms with van der Waals surface area (Å²) in [6.45, 7) is 0. The Balaban J connectivity index is 3.27. The highest BCUT2D eigenvalue weighted by Crippen LogP contribution is 2.37. The number of nitrogens with one attached hydrogen (secondary N) is 1. The van der Waals surface area contributed by atoms with Crippen LogP contribution in [0.5, 0.6) is 0 Å². The zero-order valence-corrected chi connectivity index (χ0v) is 9.92. The number of nitrogens with two attached hydrogens (primary N) is 1. The zero-order chi connectivity index (χ0) is 12.5. The van der Waals surface area contributed by atoms with Gasteiger partial charge in [0, 0.05) is 10.0 Å². The van der Waals surface area contributed by atoms with Gasteiger partial charge in [-0.05, 0) is 22.0 Å². The average molecular weight is 321 g/mol. The molecule has 0 fully saturated rings. The smallest absolute Gasteiger partial charge is 0.271 e. The second kappa shape index (κ2) is 4.87. The molecule has 1 unspecified atom stereocenters. The Hall–Kier alpha value is -0.370. The Labute approximate surface area is 102 Å². The van der Waals surface area contributed by atoms with Gasteiger partial charge in [0.05, 0.1) is 5.02 Å². The first kappa shape index (κ1) is 13.7. The molecule has 1 atom stereocenters. The van der Waals surface area contributed by atoms with Gasteiger partial charge in [0.15, 0.2) is 0 Å². The molecule has 0 bridgehead atoms. The van der Waals surface area contributed by atoms with Crippen LogP contribution in [-0.4, -0.2) is 6.18 Å². The van der Waals surface area contributed by atoms with Gasteiger partial charge in [-0.25, -0.2) is 9.82 Å². The van der Waals surface area contributed by atoms with E-state index in [1.54, 1.807) is 0 Å². The lowest BCUT2D eigenvalue weighted by molar-refractivity contribution is -0.158. The fourth-order valence-electron chi connectivity index (χ4n) is 1.12. The molecule has 0 amide bonds. The molecule has 1 aromatic carbocycles. The predicted octanol–water partition coefficient (Wildman–Crippen LogP) is 3.31. The molecule has 90 valence electrons. The standard InChI is InChI=1S/C8H6BrClF4N2/c9-4-2-1-3(6(11)5(4)10)7(16-15)8(12,13)14/h1-2,7,16H,15H2. The van der Waals surface area contributed by atoms with Gasteiger partial charge in [0.1, 0.15) is 11.9 Å². The maximum absolute atomic E-state index is 13.5. The molecule has 8 heteroatoms. The Morgan fingerprint density at radius 3 is 2.38 bits per heavy atom. The molecule has 0 heterocycles. The molecule has 0 aromatic heterocycles. The first-order valence-corrected chi connectivity index (χ1v) is 5.12. The molecule has 3 N–H and O–H groups in total. The van der Waals surface area contributed by atoms with E-state index in [4.69, 9.17) is 17.4 Å². The van der Waals surface area contributed by atoms with Gasteiger partial charge in [-0.15, -0.1) is 0 Å². The van der Waals surface area contributed by atoms with Gasteiger partial charge >= 0.3 is 6.18 Å². The summed E-state index contributed by atoms with van der Waals surface area (Å²) in [6, 6.07) is -0.113. The second-order valence-corrected chi connectivity index (χ2v) is 4.14. The molecule has 0 saturated heterocycles. The van der Waals surface area contributed by atoms with Crippen LogP contribution in [0.2, 0.25) is 5.02 Å². The van der Waals surface area contributed by atoms with E-state index < -0.39 is 28.6 Å². The van der Waals surface area contributed by atoms with Crippen LogP contribution in [-0.2, 0) is 0 Å². The van der Waals surface area contributed by atoms with Crippen molar-refractivity contribution >= 4 is 27.5 Å². The van der Waals surface area contributed by atoms with Crippen molar-refractivity contribution in [3.8, 4) is 0 Å². The summed E-state index contributed by atoms with van der Waals surface area (Å²) in [7, 11) is 0. The van der Waals surface area contributed by atoms with Crippen molar-refractivity contribution in [1.82, 2.24) is 5.43 Å². The lowest BCUT2D eigenvalue weighted by atomic mass is 10.1. The third-order valence-corrected chi connectivity index (χ3v) is 3.13. The molecule has 0 saturated carbocycles. The van der Waals surface area contributed by atoms with Gasteiger partial charge < -0.3 is 0 Å². The van der Waals surface area contributed by atoms with Crippen molar-refractivity contribution < 1.29 is 17.6 Å². The van der Waals surface area contributed by atoms with Crippen LogP contribution in [0, 0.1) is 5.82 Å². The molecule has 2 nitrogen and oxygen atoms in total. The van der Waals surface area contributed by atoms with Gasteiger partial charge in [-0.1, -0.05) is 17.7 Å². The third-order valence-electron chi connectivity index (χ3n) is 1.87. The third kappa shape index (κ3) is 2.65. The summed E-state index contributed by atoms with van der Waals surface area (Å²) in [5, 5.41) is -0.415. The highest BCUT2D eigenvalue weighted by molar-refractivity contribution is 9.10. The van der Waals surface area contributed by atoms with Gasteiger partial charge in [-0.3, -0.25) is 5.84 Å². The summed E-state index contributed by atoms with van der Waals surface area (Å²) in [4.78, 5) is 0. The van der Waals surface area contributed by atoms with Gasteiger partial charge in [-0.2, -0.15) is 13.2 Å². The highest BCUT2D eigenvalue weighted by Gasteiger charge is 2.42. The first-order valence-electron chi connectivity index (χ1n) is 3.95. The molecule has 16 heavy (non-hydrogen) atoms. The lowest BCUT2D eigenvalue weighted by Crippen LogP contribution is -2.39. The van der Waals surface area contributed by atoms with E-state index in [-0.39, 0.29) is 4.47 Å². The Kier molecular flexibility index (Phi) is 4.17. The van der Waals surface area contributed by atoms with Crippen LogP contribution in [0.15, 0.2) is 16.6 Å². The number of hydrogen-bond acceptors (Lipinski definition) is 2. The van der Waals surface area contributed by atoms with Crippen LogP contribution in [0.1, 0.15) is 11.6 Å². The summed E-state index contributed by atoms with van der Waals surface area (Å²) in [5.41, 5.74) is 0.857. The monoisotopic (exact) mass is 320 g/mol. The summed E-state index contributed by atoms with van der Waals surface area (Å²) in [6.07, 6.45) is -4.70. The SMILES string of the molecule is NNC(c1ccc(Br)c(Cl)c1F)C(F)(F)F. The number of halogens is 6. The molecule has 0 spiro atoms. The predicted molar refractivity (Wildman–Crippen MR) is 55.2 cm³/mol. The molecule has 1 rings (SSSR count). The molecule has 0 aliphatic carbocycles. The Bertz CT molecular complexity index is 396. The molecular weight excluding hydrogens is 315 g/mol. The summed E-state index contributed by atoms with van der Waals surface area (Å²) < 4.78 is 51.0. The van der Waals surface area contributed by atoms with E-state index in [0.29, 0.717) is 0 Å². The normalized spacial score (nSPS) is 13.9. The van der Waals surface area contributed by atoms with Crippen molar-refractivity contribution in [2.45, 2.75) is 12.2 Å². The van der Waals surface area contributed by atoms with Crippen LogP contribution >= 0.6 is 27.5 Å². The van der Waals surface area contributed by atoms with Gasteiger partial charge in [0.2, 0.25) is 0 Å². The van der Waals surface area contributed by atoms with E-state index in [9.17, 15) is 17.6 Å². The lowest BCUT2D eigenvalue weighted by Gasteiger charge is -2.20. The summed E-state index contributed by atoms with van der Waals surface area (Å²) >= 11 is 8.37. The Morgan fingerprint density at radius 2 is 1.94 bits per heavy atom. The van der Waals surface area contributed by atoms with Crippen molar-refractivity contribution in [3.05, 3.63) is 33.0 Å². The molecule has 0 radical (unpaired) electrons. The number of hydrazine groups is 1. The second-order valence-electron chi connectivity index (χ2n) is 2.91. The zero-order valence-electron chi connectivity index (χ0n) is 7.58. The summed E-state index contributed by atoms with van der Waals surface area (Å²) in [5.74, 6) is 3.60. The number of alkyl halides is 3. The maximum atomic E-state index is 13.5. The van der Waals surface area contributed by atoms with E-state index in [0.717, 1.165) is 6.07 Å². The number of rotatable bonds is 2. The quantitative estimate of drug-likeness (QED) is 0.380. The molecular formula is C8H6BrClF4N2. The van der Waals surface area contributed by atoms with E-state index >= 15 is 0 Å². The van der Waals surface area contributed by atoms with Crippen LogP contribution in [0.4, 0.5) is 17.6 Å². The largest absolute Gasteiger partial charge is 0.409 e. The van der Waals surface area contributed by atoms with E-state index in [1.165, 1.54) is 11.5 Å². The minimum absolute atomic E-state index is 0.174. The highest BCUT2D eigenvalue weighted by atomic mass is 79.9. The molecule has 0 aliphatic rings. The minimum atomic E-state index is -4.70. The molecule has 0 aliphatic heterocycles.